The maximum Gasteiger partial charge on any atom is 0.408 e. The van der Waals surface area contributed by atoms with Crippen molar-refractivity contribution >= 4 is 12.0 Å². The van der Waals surface area contributed by atoms with Crippen molar-refractivity contribution in [2.45, 2.75) is 51.7 Å². The molecule has 1 aliphatic heterocycles. The van der Waals surface area contributed by atoms with Gasteiger partial charge < -0.3 is 15.0 Å². The zero-order valence-electron chi connectivity index (χ0n) is 17.8. The molecule has 0 aliphatic carbocycles. The summed E-state index contributed by atoms with van der Waals surface area (Å²) in [6.07, 6.45) is 1.26. The van der Waals surface area contributed by atoms with Crippen LogP contribution in [0.4, 0.5) is 9.18 Å². The van der Waals surface area contributed by atoms with Crippen LogP contribution in [0, 0.1) is 5.82 Å². The highest BCUT2D eigenvalue weighted by molar-refractivity contribution is 5.86. The lowest BCUT2D eigenvalue weighted by Gasteiger charge is -2.26. The minimum Gasteiger partial charge on any atom is -0.444 e. The number of carbonyl (C=O) groups is 2. The molecule has 3 rings (SSSR count). The van der Waals surface area contributed by atoms with Gasteiger partial charge in [0.05, 0.1) is 0 Å². The van der Waals surface area contributed by atoms with E-state index >= 15 is 0 Å². The largest absolute Gasteiger partial charge is 0.444 e. The number of benzene rings is 2. The van der Waals surface area contributed by atoms with Crippen molar-refractivity contribution in [1.82, 2.24) is 10.2 Å². The smallest absolute Gasteiger partial charge is 0.408 e. The highest BCUT2D eigenvalue weighted by atomic mass is 19.1. The Morgan fingerprint density at radius 1 is 1.07 bits per heavy atom. The topological polar surface area (TPSA) is 58.6 Å². The molecule has 1 atom stereocenters. The maximum atomic E-state index is 14.9. The van der Waals surface area contributed by atoms with E-state index < -0.39 is 23.6 Å². The summed E-state index contributed by atoms with van der Waals surface area (Å²) in [6.45, 7) is 6.57. The third-order valence-corrected chi connectivity index (χ3v) is 4.99. The highest BCUT2D eigenvalue weighted by Gasteiger charge is 2.30. The zero-order chi connectivity index (χ0) is 21.7. The predicted octanol–water partition coefficient (Wildman–Crippen LogP) is 4.55. The van der Waals surface area contributed by atoms with E-state index in [0.29, 0.717) is 18.7 Å². The molecule has 160 valence electrons. The SMILES string of the molecule is CC(C)(C)OC(=O)NC(Cc1ccc(-c2ccccc2)cc1F)C(=O)N1CCCC1. The summed E-state index contributed by atoms with van der Waals surface area (Å²) < 4.78 is 20.2. The fourth-order valence-corrected chi connectivity index (χ4v) is 3.55. The van der Waals surface area contributed by atoms with Crippen molar-refractivity contribution in [2.24, 2.45) is 0 Å². The number of amides is 2. The minimum absolute atomic E-state index is 0.0650. The van der Waals surface area contributed by atoms with Crippen LogP contribution in [-0.2, 0) is 16.0 Å². The van der Waals surface area contributed by atoms with Gasteiger partial charge in [-0.25, -0.2) is 9.18 Å². The van der Waals surface area contributed by atoms with Gasteiger partial charge in [-0.3, -0.25) is 4.79 Å². The number of alkyl carbamates (subject to hydrolysis) is 1. The molecule has 6 heteroatoms. The van der Waals surface area contributed by atoms with Gasteiger partial charge >= 0.3 is 6.09 Å². The lowest BCUT2D eigenvalue weighted by Crippen LogP contribution is -2.50. The molecule has 1 unspecified atom stereocenters. The Morgan fingerprint density at radius 2 is 1.73 bits per heavy atom. The zero-order valence-corrected chi connectivity index (χ0v) is 17.8. The normalized spacial score (nSPS) is 15.0. The van der Waals surface area contributed by atoms with Crippen LogP contribution >= 0.6 is 0 Å². The van der Waals surface area contributed by atoms with Gasteiger partial charge in [0, 0.05) is 19.5 Å². The number of nitrogens with one attached hydrogen (secondary N) is 1. The van der Waals surface area contributed by atoms with E-state index in [0.717, 1.165) is 24.0 Å². The van der Waals surface area contributed by atoms with Crippen LogP contribution in [0.3, 0.4) is 0 Å². The number of hydrogen-bond acceptors (Lipinski definition) is 3. The number of carbonyl (C=O) groups excluding carboxylic acids is 2. The Hall–Kier alpha value is -2.89. The fraction of sp³-hybridized carbons (Fsp3) is 0.417. The van der Waals surface area contributed by atoms with Crippen molar-refractivity contribution in [3.05, 3.63) is 59.9 Å². The van der Waals surface area contributed by atoms with Crippen LogP contribution in [0.25, 0.3) is 11.1 Å². The Kier molecular flexibility index (Phi) is 6.75. The molecule has 1 fully saturated rings. The lowest BCUT2D eigenvalue weighted by molar-refractivity contribution is -0.132. The molecule has 0 bridgehead atoms. The number of ether oxygens (including phenoxy) is 1. The summed E-state index contributed by atoms with van der Waals surface area (Å²) >= 11 is 0. The number of hydrogen-bond donors (Lipinski definition) is 1. The van der Waals surface area contributed by atoms with E-state index in [4.69, 9.17) is 4.74 Å². The summed E-state index contributed by atoms with van der Waals surface area (Å²) in [6, 6.07) is 13.6. The van der Waals surface area contributed by atoms with Crippen molar-refractivity contribution in [3.63, 3.8) is 0 Å². The molecule has 2 amide bonds. The van der Waals surface area contributed by atoms with Crippen LogP contribution in [0.1, 0.15) is 39.2 Å². The summed E-state index contributed by atoms with van der Waals surface area (Å²) in [4.78, 5) is 27.0. The molecule has 0 spiro atoms. The number of halogens is 1. The number of rotatable bonds is 5. The summed E-state index contributed by atoms with van der Waals surface area (Å²) in [5.41, 5.74) is 1.37. The molecular weight excluding hydrogens is 383 g/mol. The second kappa shape index (κ2) is 9.28. The van der Waals surface area contributed by atoms with Gasteiger partial charge in [-0.05, 0) is 56.4 Å². The Bertz CT molecular complexity index is 887. The van der Waals surface area contributed by atoms with Crippen LogP contribution in [0.5, 0.6) is 0 Å². The van der Waals surface area contributed by atoms with Crippen LogP contribution in [-0.4, -0.2) is 41.6 Å². The molecule has 5 nitrogen and oxygen atoms in total. The quantitative estimate of drug-likeness (QED) is 0.784. The first-order valence-electron chi connectivity index (χ1n) is 10.3. The highest BCUT2D eigenvalue weighted by Crippen LogP contribution is 2.23. The summed E-state index contributed by atoms with van der Waals surface area (Å²) in [5, 5.41) is 2.65. The van der Waals surface area contributed by atoms with Gasteiger partial charge in [0.25, 0.3) is 0 Å². The number of likely N-dealkylation sites (tertiary alicyclic amines) is 1. The third kappa shape index (κ3) is 5.81. The average molecular weight is 413 g/mol. The molecule has 1 aliphatic rings. The molecular formula is C24H29FN2O3. The molecule has 0 saturated carbocycles. The van der Waals surface area contributed by atoms with Crippen LogP contribution < -0.4 is 5.32 Å². The summed E-state index contributed by atoms with van der Waals surface area (Å²) in [5.74, 6) is -0.605. The fourth-order valence-electron chi connectivity index (χ4n) is 3.55. The number of nitrogens with zero attached hydrogens (tertiary/aromatic N) is 1. The minimum atomic E-state index is -0.880. The standard InChI is InChI=1S/C24H29FN2O3/c1-24(2,3)30-23(29)26-21(22(28)27-13-7-8-14-27)16-19-12-11-18(15-20(19)25)17-9-5-4-6-10-17/h4-6,9-12,15,21H,7-8,13-14,16H2,1-3H3,(H,26,29). The molecule has 1 N–H and O–H groups in total. The Labute approximate surface area is 177 Å². The Morgan fingerprint density at radius 3 is 2.33 bits per heavy atom. The van der Waals surface area contributed by atoms with Gasteiger partial charge in [0.15, 0.2) is 0 Å². The van der Waals surface area contributed by atoms with E-state index in [-0.39, 0.29) is 12.3 Å². The first-order chi connectivity index (χ1) is 14.2. The van der Waals surface area contributed by atoms with E-state index in [1.807, 2.05) is 36.4 Å². The van der Waals surface area contributed by atoms with Gasteiger partial charge in [-0.1, -0.05) is 42.5 Å². The molecule has 1 saturated heterocycles. The first-order valence-corrected chi connectivity index (χ1v) is 10.3. The molecule has 30 heavy (non-hydrogen) atoms. The monoisotopic (exact) mass is 412 g/mol. The van der Waals surface area contributed by atoms with Gasteiger partial charge in [-0.15, -0.1) is 0 Å². The van der Waals surface area contributed by atoms with Gasteiger partial charge in [-0.2, -0.15) is 0 Å². The van der Waals surface area contributed by atoms with Crippen molar-refractivity contribution in [2.75, 3.05) is 13.1 Å². The maximum absolute atomic E-state index is 14.9. The third-order valence-electron chi connectivity index (χ3n) is 4.99. The second-order valence-corrected chi connectivity index (χ2v) is 8.61. The first kappa shape index (κ1) is 21.8. The molecule has 0 aromatic heterocycles. The lowest BCUT2D eigenvalue weighted by atomic mass is 9.99. The van der Waals surface area contributed by atoms with E-state index in [1.165, 1.54) is 6.07 Å². The van der Waals surface area contributed by atoms with Crippen molar-refractivity contribution in [3.8, 4) is 11.1 Å². The average Bonchev–Trinajstić information content (AvgIpc) is 3.22. The van der Waals surface area contributed by atoms with E-state index in [9.17, 15) is 14.0 Å². The second-order valence-electron chi connectivity index (χ2n) is 8.61. The molecule has 2 aromatic rings. The van der Waals surface area contributed by atoms with Crippen molar-refractivity contribution < 1.29 is 18.7 Å². The van der Waals surface area contributed by atoms with E-state index in [1.54, 1.807) is 31.7 Å². The van der Waals surface area contributed by atoms with Gasteiger partial charge in [0.2, 0.25) is 5.91 Å². The van der Waals surface area contributed by atoms with Crippen LogP contribution in [0.2, 0.25) is 0 Å². The van der Waals surface area contributed by atoms with E-state index in [2.05, 4.69) is 5.32 Å². The van der Waals surface area contributed by atoms with Crippen LogP contribution in [0.15, 0.2) is 48.5 Å². The molecule has 0 radical (unpaired) electrons. The molecule has 2 aromatic carbocycles. The van der Waals surface area contributed by atoms with Gasteiger partial charge in [0.1, 0.15) is 17.5 Å². The predicted molar refractivity (Wildman–Crippen MR) is 115 cm³/mol. The molecule has 1 heterocycles. The van der Waals surface area contributed by atoms with Crippen molar-refractivity contribution in [1.29, 1.82) is 0 Å². The summed E-state index contributed by atoms with van der Waals surface area (Å²) in [7, 11) is 0. The Balaban J connectivity index is 1.79.